The minimum Gasteiger partial charge on any atom is -0.411 e. The molecule has 2 rings (SSSR count). The summed E-state index contributed by atoms with van der Waals surface area (Å²) in [4.78, 5) is 13.0. The van der Waals surface area contributed by atoms with Gasteiger partial charge in [-0.25, -0.2) is 0 Å². The maximum atomic E-state index is 13.0. The van der Waals surface area contributed by atoms with Crippen LogP contribution in [0, 0.1) is 11.8 Å². The average molecular weight is 439 g/mol. The maximum Gasteiger partial charge on any atom is 0.193 e. The lowest BCUT2D eigenvalue weighted by molar-refractivity contribution is -0.118. The van der Waals surface area contributed by atoms with Gasteiger partial charge in [-0.3, -0.25) is 4.79 Å². The number of rotatable bonds is 5. The molecular weight excluding hydrogens is 392 g/mol. The van der Waals surface area contributed by atoms with E-state index in [1.807, 2.05) is 0 Å². The van der Waals surface area contributed by atoms with Gasteiger partial charge in [0.05, 0.1) is 12.2 Å². The van der Waals surface area contributed by atoms with Crippen LogP contribution >= 0.6 is 0 Å². The molecule has 1 saturated carbocycles. The lowest BCUT2D eigenvalue weighted by Crippen LogP contribution is -2.54. The number of ketones is 1. The third kappa shape index (κ3) is 4.68. The Morgan fingerprint density at radius 3 is 1.83 bits per heavy atom. The molecule has 2 aliphatic rings. The van der Waals surface area contributed by atoms with Crippen LogP contribution in [-0.2, 0) is 13.6 Å². The molecule has 0 heterocycles. The second kappa shape index (κ2) is 8.03. The van der Waals surface area contributed by atoms with E-state index in [0.717, 1.165) is 24.8 Å². The van der Waals surface area contributed by atoms with Crippen molar-refractivity contribution in [3.8, 4) is 0 Å². The van der Waals surface area contributed by atoms with Gasteiger partial charge in [0.1, 0.15) is 0 Å². The number of Topliss-reactive ketones (excluding diaryl/α,β-unsaturated/α-hetero) is 1. The second-order valence-electron chi connectivity index (χ2n) is 12.3. The fourth-order valence-electron chi connectivity index (χ4n) is 4.26. The highest BCUT2D eigenvalue weighted by Gasteiger charge is 2.52. The van der Waals surface area contributed by atoms with Crippen molar-refractivity contribution in [1.82, 2.24) is 0 Å². The molecule has 5 heteroatoms. The van der Waals surface area contributed by atoms with Gasteiger partial charge in [-0.05, 0) is 72.6 Å². The molecule has 168 valence electrons. The summed E-state index contributed by atoms with van der Waals surface area (Å²) in [6, 6.07) is 0. The van der Waals surface area contributed by atoms with E-state index >= 15 is 0 Å². The van der Waals surface area contributed by atoms with E-state index in [1.54, 1.807) is 0 Å². The molecular formula is C24H46O3Si2. The summed E-state index contributed by atoms with van der Waals surface area (Å²) in [6.45, 7) is 27.3. The second-order valence-corrected chi connectivity index (χ2v) is 21.9. The van der Waals surface area contributed by atoms with Crippen molar-refractivity contribution in [2.24, 2.45) is 11.8 Å². The standard InChI is InChI=1S/C24H46O3Si2/c1-13-17-20-18(16(2)21(17)25)14-15-19(26-28(9,10)23(3,4)5)22(20)27-29(11,12)24(6,7)8/h16,18-19,22H,13-15H2,1-12H3/t16-,18-,19-,22-/m0/s1. The minimum absolute atomic E-state index is 0.0624. The molecule has 0 aromatic carbocycles. The molecule has 3 nitrogen and oxygen atoms in total. The fraction of sp³-hybridized carbons (Fsp3) is 0.875. The van der Waals surface area contributed by atoms with Crippen LogP contribution in [0.3, 0.4) is 0 Å². The lowest BCUT2D eigenvalue weighted by atomic mass is 9.78. The van der Waals surface area contributed by atoms with Gasteiger partial charge in [0.2, 0.25) is 0 Å². The van der Waals surface area contributed by atoms with Gasteiger partial charge in [-0.15, -0.1) is 0 Å². The van der Waals surface area contributed by atoms with Crippen LogP contribution in [0.2, 0.25) is 36.3 Å². The Bertz CT molecular complexity index is 665. The van der Waals surface area contributed by atoms with Gasteiger partial charge in [0, 0.05) is 5.92 Å². The first-order chi connectivity index (χ1) is 12.9. The van der Waals surface area contributed by atoms with Gasteiger partial charge in [-0.1, -0.05) is 55.4 Å². The minimum atomic E-state index is -2.01. The lowest BCUT2D eigenvalue weighted by Gasteiger charge is -2.48. The molecule has 0 spiro atoms. The normalized spacial score (nSPS) is 29.4. The molecule has 0 bridgehead atoms. The van der Waals surface area contributed by atoms with E-state index in [-0.39, 0.29) is 28.2 Å². The molecule has 1 fully saturated rings. The number of fused-ring (bicyclic) bond motifs is 1. The summed E-state index contributed by atoms with van der Waals surface area (Å²) in [5.74, 6) is 0.787. The van der Waals surface area contributed by atoms with E-state index in [9.17, 15) is 4.79 Å². The van der Waals surface area contributed by atoms with Crippen LogP contribution in [-0.4, -0.2) is 34.6 Å². The Kier molecular flexibility index (Phi) is 6.93. The highest BCUT2D eigenvalue weighted by atomic mass is 28.4. The Balaban J connectivity index is 2.52. The zero-order valence-corrected chi connectivity index (χ0v) is 23.2. The number of carbonyl (C=O) groups excluding carboxylic acids is 1. The molecule has 0 saturated heterocycles. The van der Waals surface area contributed by atoms with E-state index in [1.165, 1.54) is 5.57 Å². The summed E-state index contributed by atoms with van der Waals surface area (Å²) in [5, 5.41) is 0.286. The van der Waals surface area contributed by atoms with E-state index < -0.39 is 16.6 Å². The quantitative estimate of drug-likeness (QED) is 0.429. The summed E-state index contributed by atoms with van der Waals surface area (Å²) in [6.07, 6.45) is 2.85. The van der Waals surface area contributed by atoms with Gasteiger partial charge >= 0.3 is 0 Å². The summed E-state index contributed by atoms with van der Waals surface area (Å²) in [5.41, 5.74) is 2.33. The SMILES string of the molecule is CCC1=C2[C@@H](CC[C@H](O[Si](C)(C)C(C)(C)C)[C@@H]2O[Si](C)(C)C(C)(C)C)[C@H](C)C1=O. The molecule has 0 radical (unpaired) electrons. The fourth-order valence-corrected chi connectivity index (χ4v) is 6.88. The predicted molar refractivity (Wildman–Crippen MR) is 128 cm³/mol. The van der Waals surface area contributed by atoms with Crippen molar-refractivity contribution >= 4 is 22.4 Å². The molecule has 4 atom stereocenters. The summed E-state index contributed by atoms with van der Waals surface area (Å²) in [7, 11) is -3.95. The van der Waals surface area contributed by atoms with E-state index in [2.05, 4.69) is 81.6 Å². The Morgan fingerprint density at radius 2 is 1.38 bits per heavy atom. The third-order valence-electron chi connectivity index (χ3n) is 8.30. The Hall–Kier alpha value is -0.236. The third-order valence-corrected chi connectivity index (χ3v) is 17.3. The maximum absolute atomic E-state index is 13.0. The van der Waals surface area contributed by atoms with Gasteiger partial charge in [0.25, 0.3) is 0 Å². The zero-order valence-electron chi connectivity index (χ0n) is 21.2. The smallest absolute Gasteiger partial charge is 0.193 e. The molecule has 0 aliphatic heterocycles. The first-order valence-electron chi connectivity index (χ1n) is 11.6. The largest absolute Gasteiger partial charge is 0.411 e. The molecule has 0 unspecified atom stereocenters. The van der Waals surface area contributed by atoms with Crippen molar-refractivity contribution in [2.45, 2.75) is 123 Å². The van der Waals surface area contributed by atoms with Crippen molar-refractivity contribution in [2.75, 3.05) is 0 Å². The van der Waals surface area contributed by atoms with Crippen molar-refractivity contribution < 1.29 is 13.6 Å². The van der Waals surface area contributed by atoms with Crippen LogP contribution in [0.1, 0.15) is 74.7 Å². The van der Waals surface area contributed by atoms with Gasteiger partial charge in [-0.2, -0.15) is 0 Å². The highest BCUT2D eigenvalue weighted by molar-refractivity contribution is 6.74. The zero-order chi connectivity index (χ0) is 22.6. The van der Waals surface area contributed by atoms with Crippen LogP contribution in [0.25, 0.3) is 0 Å². The number of hydrogen-bond acceptors (Lipinski definition) is 3. The molecule has 0 aromatic heterocycles. The molecule has 0 aromatic rings. The molecule has 0 amide bonds. The van der Waals surface area contributed by atoms with E-state index in [0.29, 0.717) is 11.7 Å². The highest BCUT2D eigenvalue weighted by Crippen LogP contribution is 2.50. The van der Waals surface area contributed by atoms with Crippen molar-refractivity contribution in [3.63, 3.8) is 0 Å². The Labute approximate surface area is 182 Å². The van der Waals surface area contributed by atoms with Crippen LogP contribution in [0.4, 0.5) is 0 Å². The Morgan fingerprint density at radius 1 is 0.897 bits per heavy atom. The summed E-state index contributed by atoms with van der Waals surface area (Å²) >= 11 is 0. The average Bonchev–Trinajstić information content (AvgIpc) is 2.78. The van der Waals surface area contributed by atoms with Crippen molar-refractivity contribution in [1.29, 1.82) is 0 Å². The van der Waals surface area contributed by atoms with Crippen LogP contribution < -0.4 is 0 Å². The summed E-state index contributed by atoms with van der Waals surface area (Å²) < 4.78 is 14.1. The van der Waals surface area contributed by atoms with Gasteiger partial charge < -0.3 is 8.85 Å². The predicted octanol–water partition coefficient (Wildman–Crippen LogP) is 7.10. The number of allylic oxidation sites excluding steroid dienone is 1. The first-order valence-corrected chi connectivity index (χ1v) is 17.4. The first kappa shape index (κ1) is 25.0. The molecule has 0 N–H and O–H groups in total. The van der Waals surface area contributed by atoms with Crippen molar-refractivity contribution in [3.05, 3.63) is 11.1 Å². The van der Waals surface area contributed by atoms with Crippen LogP contribution in [0.5, 0.6) is 0 Å². The number of carbonyl (C=O) groups is 1. The molecule has 2 aliphatic carbocycles. The molecule has 29 heavy (non-hydrogen) atoms. The van der Waals surface area contributed by atoms with Crippen LogP contribution in [0.15, 0.2) is 11.1 Å². The van der Waals surface area contributed by atoms with Gasteiger partial charge in [0.15, 0.2) is 22.4 Å². The topological polar surface area (TPSA) is 35.5 Å². The monoisotopic (exact) mass is 438 g/mol. The van der Waals surface area contributed by atoms with E-state index in [4.69, 9.17) is 8.85 Å². The number of hydrogen-bond donors (Lipinski definition) is 0.